The Bertz CT molecular complexity index is 1200. The van der Waals surface area contributed by atoms with Crippen molar-refractivity contribution in [1.82, 2.24) is 19.5 Å². The van der Waals surface area contributed by atoms with Gasteiger partial charge < -0.3 is 15.3 Å². The molecule has 1 unspecified atom stereocenters. The van der Waals surface area contributed by atoms with Gasteiger partial charge in [-0.1, -0.05) is 29.3 Å². The Labute approximate surface area is 193 Å². The zero-order valence-electron chi connectivity index (χ0n) is 17.9. The normalized spacial score (nSPS) is 14.6. The van der Waals surface area contributed by atoms with Crippen LogP contribution in [0.2, 0.25) is 10.2 Å². The molecule has 6 nitrogen and oxygen atoms in total. The molecule has 0 saturated heterocycles. The van der Waals surface area contributed by atoms with Crippen LogP contribution in [-0.2, 0) is 18.9 Å². The van der Waals surface area contributed by atoms with Gasteiger partial charge in [0.05, 0.1) is 33.8 Å². The maximum absolute atomic E-state index is 13.1. The van der Waals surface area contributed by atoms with Gasteiger partial charge in [-0.15, -0.1) is 0 Å². The summed E-state index contributed by atoms with van der Waals surface area (Å²) in [7, 11) is 3.51. The molecule has 0 radical (unpaired) electrons. The number of aromatic nitrogens is 3. The van der Waals surface area contributed by atoms with E-state index in [1.807, 2.05) is 25.5 Å². The molecule has 0 bridgehead atoms. The molecule has 0 amide bonds. The molecule has 4 N–H and O–H groups in total. The molecule has 1 aromatic carbocycles. The number of nitrogens with zero attached hydrogens (tertiary/aromatic N) is 4. The summed E-state index contributed by atoms with van der Waals surface area (Å²) in [6, 6.07) is 5.14. The molecule has 0 spiro atoms. The van der Waals surface area contributed by atoms with E-state index in [4.69, 9.17) is 34.8 Å². The minimum Gasteiger partial charge on any atom is -0.403 e. The van der Waals surface area contributed by atoms with Crippen LogP contribution in [0.3, 0.4) is 0 Å². The first-order chi connectivity index (χ1) is 14.8. The van der Waals surface area contributed by atoms with E-state index in [0.29, 0.717) is 22.2 Å². The van der Waals surface area contributed by atoms with E-state index < -0.39 is 18.0 Å². The second-order valence-electron chi connectivity index (χ2n) is 7.76. The molecule has 0 saturated carbocycles. The number of fused-ring (bicyclic) bond motifs is 1. The van der Waals surface area contributed by atoms with Gasteiger partial charge in [0, 0.05) is 37.4 Å². The zero-order chi connectivity index (χ0) is 24.0. The maximum Gasteiger partial charge on any atom is 0.393 e. The monoisotopic (exact) mass is 486 g/mol. The topological polar surface area (TPSA) is 86.0 Å². The van der Waals surface area contributed by atoms with Gasteiger partial charge in [0.15, 0.2) is 0 Å². The number of imidazole rings is 1. The van der Waals surface area contributed by atoms with E-state index in [-0.39, 0.29) is 15.7 Å². The minimum absolute atomic E-state index is 0.0953. The van der Waals surface area contributed by atoms with Gasteiger partial charge in [-0.05, 0) is 31.5 Å². The lowest BCUT2D eigenvalue weighted by atomic mass is 9.76. The van der Waals surface area contributed by atoms with Gasteiger partial charge in [0.2, 0.25) is 0 Å². The third-order valence-electron chi connectivity index (χ3n) is 5.70. The summed E-state index contributed by atoms with van der Waals surface area (Å²) < 4.78 is 41.1. The molecule has 1 atom stereocenters. The van der Waals surface area contributed by atoms with Crippen molar-refractivity contribution in [3.05, 3.63) is 69.1 Å². The van der Waals surface area contributed by atoms with Crippen molar-refractivity contribution in [3.63, 3.8) is 0 Å². The predicted octanol–water partition coefficient (Wildman–Crippen LogP) is 4.60. The first-order valence-electron chi connectivity index (χ1n) is 9.55. The smallest absolute Gasteiger partial charge is 0.393 e. The Morgan fingerprint density at radius 1 is 1.28 bits per heavy atom. The number of likely N-dealkylation sites (N-methyl/N-ethyl adjacent to an activating group) is 1. The number of rotatable bonds is 5. The number of benzene rings is 1. The van der Waals surface area contributed by atoms with Crippen LogP contribution < -0.4 is 11.6 Å². The van der Waals surface area contributed by atoms with E-state index >= 15 is 0 Å². The highest BCUT2D eigenvalue weighted by Crippen LogP contribution is 2.42. The summed E-state index contributed by atoms with van der Waals surface area (Å²) in [5.41, 5.74) is 7.16. The van der Waals surface area contributed by atoms with E-state index in [9.17, 15) is 13.2 Å². The lowest BCUT2D eigenvalue weighted by Gasteiger charge is -2.36. The summed E-state index contributed by atoms with van der Waals surface area (Å²) in [5.74, 6) is 6.86. The number of allylic oxidation sites excluding steroid dienone is 1. The quantitative estimate of drug-likeness (QED) is 0.312. The SMILES string of the molecule is Cc1ncc(C(C)(/C(=C/N)N(C)N)c2ccc3nc(Cl)c(CC(F)(F)F)c(Cl)c3c2)n1C. The van der Waals surface area contributed by atoms with Crippen molar-refractivity contribution in [2.24, 2.45) is 18.6 Å². The third-order valence-corrected chi connectivity index (χ3v) is 6.45. The number of alkyl halides is 3. The van der Waals surface area contributed by atoms with E-state index in [1.165, 1.54) is 11.2 Å². The Morgan fingerprint density at radius 2 is 1.94 bits per heavy atom. The molecule has 3 rings (SSSR count). The summed E-state index contributed by atoms with van der Waals surface area (Å²) in [4.78, 5) is 8.51. The first-order valence-corrected chi connectivity index (χ1v) is 10.3. The van der Waals surface area contributed by atoms with Crippen molar-refractivity contribution in [1.29, 1.82) is 0 Å². The highest BCUT2D eigenvalue weighted by atomic mass is 35.5. The number of hydrazine groups is 1. The third kappa shape index (κ3) is 4.12. The lowest BCUT2D eigenvalue weighted by molar-refractivity contribution is -0.127. The van der Waals surface area contributed by atoms with Crippen molar-refractivity contribution in [2.45, 2.75) is 31.9 Å². The van der Waals surface area contributed by atoms with Gasteiger partial charge in [-0.25, -0.2) is 15.8 Å². The van der Waals surface area contributed by atoms with Crippen LogP contribution >= 0.6 is 23.2 Å². The Balaban J connectivity index is 2.34. The molecule has 3 aromatic rings. The lowest BCUT2D eigenvalue weighted by Crippen LogP contribution is -2.40. The Hall–Kier alpha value is -2.49. The van der Waals surface area contributed by atoms with Gasteiger partial charge in [0.25, 0.3) is 0 Å². The van der Waals surface area contributed by atoms with E-state index in [2.05, 4.69) is 9.97 Å². The van der Waals surface area contributed by atoms with E-state index in [1.54, 1.807) is 31.4 Å². The molecule has 2 aromatic heterocycles. The number of pyridine rings is 1. The minimum atomic E-state index is -4.49. The number of nitrogens with two attached hydrogens (primary N) is 2. The fraction of sp³-hybridized carbons (Fsp3) is 0.333. The van der Waals surface area contributed by atoms with Crippen molar-refractivity contribution < 1.29 is 13.2 Å². The Kier molecular flexibility index (Phi) is 6.38. The second-order valence-corrected chi connectivity index (χ2v) is 8.49. The van der Waals surface area contributed by atoms with Gasteiger partial charge in [0.1, 0.15) is 11.0 Å². The van der Waals surface area contributed by atoms with Crippen LogP contribution in [0.15, 0.2) is 36.3 Å². The fourth-order valence-electron chi connectivity index (χ4n) is 3.93. The molecule has 0 aliphatic rings. The standard InChI is InChI=1S/C21H23Cl2F3N6/c1-11-29-10-17(31(11)3)20(2,16(9-27)32(4)28)12-5-6-15-13(7-12)18(22)14(19(23)30-15)8-21(24,25)26/h5-7,9-10H,8,27-28H2,1-4H3/b16-9-. The van der Waals surface area contributed by atoms with Crippen LogP contribution in [0.5, 0.6) is 0 Å². The van der Waals surface area contributed by atoms with Gasteiger partial charge in [-0.2, -0.15) is 13.2 Å². The first kappa shape index (κ1) is 24.2. The summed E-state index contributed by atoms with van der Waals surface area (Å²) in [6.07, 6.45) is -2.67. The fourth-order valence-corrected chi connectivity index (χ4v) is 4.54. The zero-order valence-corrected chi connectivity index (χ0v) is 19.4. The van der Waals surface area contributed by atoms with Crippen molar-refractivity contribution in [2.75, 3.05) is 7.05 Å². The second kappa shape index (κ2) is 8.46. The molecule has 11 heteroatoms. The number of aryl methyl sites for hydroxylation is 1. The number of hydrogen-bond donors (Lipinski definition) is 2. The summed E-state index contributed by atoms with van der Waals surface area (Å²) in [6.45, 7) is 3.76. The van der Waals surface area contributed by atoms with E-state index in [0.717, 1.165) is 11.5 Å². The van der Waals surface area contributed by atoms with Gasteiger partial charge in [-0.3, -0.25) is 0 Å². The van der Waals surface area contributed by atoms with Crippen LogP contribution in [0.1, 0.15) is 29.6 Å². The largest absolute Gasteiger partial charge is 0.403 e. The molecule has 172 valence electrons. The molecule has 2 heterocycles. The predicted molar refractivity (Wildman–Crippen MR) is 120 cm³/mol. The summed E-state index contributed by atoms with van der Waals surface area (Å²) in [5, 5.41) is 1.36. The van der Waals surface area contributed by atoms with Crippen LogP contribution in [0.4, 0.5) is 13.2 Å². The molecular formula is C21H23Cl2F3N6. The highest BCUT2D eigenvalue weighted by Gasteiger charge is 2.38. The highest BCUT2D eigenvalue weighted by molar-refractivity contribution is 6.39. The molecule has 0 fully saturated rings. The number of hydrogen-bond acceptors (Lipinski definition) is 5. The van der Waals surface area contributed by atoms with Crippen molar-refractivity contribution >= 4 is 34.1 Å². The molecular weight excluding hydrogens is 464 g/mol. The molecule has 0 aliphatic carbocycles. The number of halogens is 5. The molecule has 0 aliphatic heterocycles. The Morgan fingerprint density at radius 3 is 2.44 bits per heavy atom. The maximum atomic E-state index is 13.1. The average molecular weight is 487 g/mol. The molecule has 32 heavy (non-hydrogen) atoms. The van der Waals surface area contributed by atoms with Crippen LogP contribution in [0, 0.1) is 6.92 Å². The van der Waals surface area contributed by atoms with Crippen molar-refractivity contribution in [3.8, 4) is 0 Å². The van der Waals surface area contributed by atoms with Crippen LogP contribution in [0.25, 0.3) is 10.9 Å². The summed E-state index contributed by atoms with van der Waals surface area (Å²) >= 11 is 12.4. The van der Waals surface area contributed by atoms with Gasteiger partial charge >= 0.3 is 6.18 Å². The average Bonchev–Trinajstić information content (AvgIpc) is 3.03. The van der Waals surface area contributed by atoms with Crippen LogP contribution in [-0.4, -0.2) is 32.8 Å².